The molecule has 0 atom stereocenters. The van der Waals surface area contributed by atoms with Gasteiger partial charge in [0.2, 0.25) is 0 Å². The lowest BCUT2D eigenvalue weighted by Crippen LogP contribution is -1.89. The van der Waals surface area contributed by atoms with Crippen LogP contribution in [0.5, 0.6) is 0 Å². The second-order valence-corrected chi connectivity index (χ2v) is 10.8. The molecule has 7 aromatic rings. The molecule has 0 heteroatoms. The lowest BCUT2D eigenvalue weighted by Gasteiger charge is -2.16. The minimum absolute atomic E-state index is 1.12. The quantitative estimate of drug-likeness (QED) is 0.190. The number of rotatable bonds is 6. The normalized spacial score (nSPS) is 11.6. The van der Waals surface area contributed by atoms with Gasteiger partial charge in [-0.1, -0.05) is 147 Å². The van der Waals surface area contributed by atoms with Crippen molar-refractivity contribution in [3.8, 4) is 33.4 Å². The van der Waals surface area contributed by atoms with Crippen LogP contribution in [0.2, 0.25) is 0 Å². The Hall–Kier alpha value is -4.94. The number of benzene rings is 7. The molecule has 196 valence electrons. The van der Waals surface area contributed by atoms with Crippen LogP contribution in [0, 0.1) is 0 Å². The minimum atomic E-state index is 1.12. The van der Waals surface area contributed by atoms with E-state index in [0.29, 0.717) is 0 Å². The van der Waals surface area contributed by atoms with Crippen LogP contribution in [-0.4, -0.2) is 0 Å². The smallest absolute Gasteiger partial charge is 0.00259 e. The molecule has 7 rings (SSSR count). The molecule has 0 aliphatic carbocycles. The Morgan fingerprint density at radius 1 is 0.463 bits per heavy atom. The van der Waals surface area contributed by atoms with Crippen molar-refractivity contribution >= 4 is 38.4 Å². The predicted octanol–water partition coefficient (Wildman–Crippen LogP) is 12.0. The molecule has 0 spiro atoms. The molecule has 0 unspecified atom stereocenters. The van der Waals surface area contributed by atoms with E-state index in [9.17, 15) is 0 Å². The van der Waals surface area contributed by atoms with E-state index in [4.69, 9.17) is 0 Å². The van der Waals surface area contributed by atoms with Gasteiger partial charge in [0, 0.05) is 0 Å². The Morgan fingerprint density at radius 3 is 1.68 bits per heavy atom. The highest BCUT2D eigenvalue weighted by Gasteiger charge is 2.14. The number of fused-ring (bicyclic) bond motifs is 5. The Balaban J connectivity index is 1.42. The van der Waals surface area contributed by atoms with Crippen molar-refractivity contribution in [1.82, 2.24) is 0 Å². The molecular formula is C41H32. The SMILES string of the molecule is CCC/C=C\c1ccc(-c2cccc(-c3cc4cc(-c5ccccc5)c5ccccc5c4c4ccccc34)c2)cc1. The van der Waals surface area contributed by atoms with E-state index in [1.807, 2.05) is 0 Å². The van der Waals surface area contributed by atoms with Gasteiger partial charge in [-0.2, -0.15) is 0 Å². The molecule has 0 radical (unpaired) electrons. The van der Waals surface area contributed by atoms with E-state index >= 15 is 0 Å². The molecule has 0 amide bonds. The van der Waals surface area contributed by atoms with Crippen LogP contribution in [-0.2, 0) is 0 Å². The molecule has 0 N–H and O–H groups in total. The minimum Gasteiger partial charge on any atom is -0.0840 e. The fourth-order valence-corrected chi connectivity index (χ4v) is 6.12. The monoisotopic (exact) mass is 524 g/mol. The highest BCUT2D eigenvalue weighted by atomic mass is 14.2. The molecule has 0 saturated heterocycles. The summed E-state index contributed by atoms with van der Waals surface area (Å²) < 4.78 is 0. The van der Waals surface area contributed by atoms with Gasteiger partial charge in [-0.25, -0.2) is 0 Å². The van der Waals surface area contributed by atoms with Gasteiger partial charge in [0.25, 0.3) is 0 Å². The van der Waals surface area contributed by atoms with Gasteiger partial charge in [0.05, 0.1) is 0 Å². The average Bonchev–Trinajstić information content (AvgIpc) is 3.05. The Bertz CT molecular complexity index is 2030. The summed E-state index contributed by atoms with van der Waals surface area (Å²) in [6.45, 7) is 2.21. The van der Waals surface area contributed by atoms with Crippen LogP contribution in [0.3, 0.4) is 0 Å². The zero-order chi connectivity index (χ0) is 27.6. The van der Waals surface area contributed by atoms with Crippen molar-refractivity contribution in [2.75, 3.05) is 0 Å². The predicted molar refractivity (Wildman–Crippen MR) is 179 cm³/mol. The molecule has 0 aromatic heterocycles. The maximum atomic E-state index is 2.40. The Kier molecular flexibility index (Phi) is 6.67. The lowest BCUT2D eigenvalue weighted by molar-refractivity contribution is 0.962. The topological polar surface area (TPSA) is 0 Å². The fraction of sp³-hybridized carbons (Fsp3) is 0.0732. The first-order valence-electron chi connectivity index (χ1n) is 14.6. The molecule has 0 heterocycles. The van der Waals surface area contributed by atoms with Crippen LogP contribution < -0.4 is 0 Å². The van der Waals surface area contributed by atoms with Gasteiger partial charge < -0.3 is 0 Å². The van der Waals surface area contributed by atoms with Crippen LogP contribution in [0.15, 0.2) is 146 Å². The first-order valence-corrected chi connectivity index (χ1v) is 14.6. The molecule has 0 aliphatic heterocycles. The summed E-state index contributed by atoms with van der Waals surface area (Å²) >= 11 is 0. The maximum absolute atomic E-state index is 2.40. The van der Waals surface area contributed by atoms with E-state index in [1.165, 1.54) is 77.7 Å². The Labute approximate surface area is 242 Å². The van der Waals surface area contributed by atoms with Gasteiger partial charge in [0.1, 0.15) is 0 Å². The molecule has 0 aliphatic rings. The largest absolute Gasteiger partial charge is 0.0840 e. The second kappa shape index (κ2) is 10.9. The third kappa shape index (κ3) is 4.72. The van der Waals surface area contributed by atoms with Gasteiger partial charge in [0.15, 0.2) is 0 Å². The van der Waals surface area contributed by atoms with E-state index in [2.05, 4.69) is 159 Å². The summed E-state index contributed by atoms with van der Waals surface area (Å²) in [7, 11) is 0. The molecule has 7 aromatic carbocycles. The highest BCUT2D eigenvalue weighted by Crippen LogP contribution is 2.42. The van der Waals surface area contributed by atoms with Gasteiger partial charge >= 0.3 is 0 Å². The summed E-state index contributed by atoms with van der Waals surface area (Å²) in [6, 6.07) is 51.2. The number of hydrogen-bond acceptors (Lipinski definition) is 0. The van der Waals surface area contributed by atoms with Crippen molar-refractivity contribution in [2.45, 2.75) is 19.8 Å². The standard InChI is InChI=1S/C41H32/c1-2-3-5-13-29-22-24-30(25-23-29)32-16-12-17-33(26-32)40-28-34-27-39(31-14-6-4-7-15-31)35-18-8-10-20-37(35)41(34)38-21-11-9-19-36(38)40/h4-28H,2-3H2,1H3/b13-5-. The highest BCUT2D eigenvalue weighted by molar-refractivity contribution is 6.25. The molecular weight excluding hydrogens is 492 g/mol. The van der Waals surface area contributed by atoms with Gasteiger partial charge in [-0.15, -0.1) is 0 Å². The summed E-state index contributed by atoms with van der Waals surface area (Å²) in [4.78, 5) is 0. The van der Waals surface area contributed by atoms with Crippen molar-refractivity contribution in [1.29, 1.82) is 0 Å². The molecule has 0 nitrogen and oxygen atoms in total. The number of hydrogen-bond donors (Lipinski definition) is 0. The summed E-state index contributed by atoms with van der Waals surface area (Å²) in [5, 5.41) is 7.76. The number of unbranched alkanes of at least 4 members (excludes halogenated alkanes) is 1. The van der Waals surface area contributed by atoms with Gasteiger partial charge in [-0.05, 0) is 95.9 Å². The average molecular weight is 525 g/mol. The fourth-order valence-electron chi connectivity index (χ4n) is 6.12. The summed E-state index contributed by atoms with van der Waals surface area (Å²) in [6.07, 6.45) is 6.77. The van der Waals surface area contributed by atoms with E-state index in [0.717, 1.165) is 6.42 Å². The zero-order valence-corrected chi connectivity index (χ0v) is 23.3. The van der Waals surface area contributed by atoms with Crippen molar-refractivity contribution < 1.29 is 0 Å². The Morgan fingerprint density at radius 2 is 1.02 bits per heavy atom. The summed E-state index contributed by atoms with van der Waals surface area (Å²) in [5.74, 6) is 0. The lowest BCUT2D eigenvalue weighted by atomic mass is 9.87. The first-order chi connectivity index (χ1) is 20.3. The van der Waals surface area contributed by atoms with Crippen molar-refractivity contribution in [3.63, 3.8) is 0 Å². The van der Waals surface area contributed by atoms with E-state index in [-0.39, 0.29) is 0 Å². The first kappa shape index (κ1) is 25.1. The van der Waals surface area contributed by atoms with E-state index in [1.54, 1.807) is 0 Å². The zero-order valence-electron chi connectivity index (χ0n) is 23.3. The molecule has 0 fully saturated rings. The molecule has 0 saturated carbocycles. The third-order valence-corrected chi connectivity index (χ3v) is 8.13. The molecule has 41 heavy (non-hydrogen) atoms. The van der Waals surface area contributed by atoms with Crippen LogP contribution in [0.1, 0.15) is 25.3 Å². The van der Waals surface area contributed by atoms with Crippen molar-refractivity contribution in [2.24, 2.45) is 0 Å². The number of allylic oxidation sites excluding steroid dienone is 1. The van der Waals surface area contributed by atoms with Crippen LogP contribution >= 0.6 is 0 Å². The van der Waals surface area contributed by atoms with Crippen molar-refractivity contribution in [3.05, 3.63) is 151 Å². The summed E-state index contributed by atoms with van der Waals surface area (Å²) in [5.41, 5.74) is 8.75. The maximum Gasteiger partial charge on any atom is -0.00259 e. The van der Waals surface area contributed by atoms with Crippen LogP contribution in [0.4, 0.5) is 0 Å². The third-order valence-electron chi connectivity index (χ3n) is 8.13. The van der Waals surface area contributed by atoms with Crippen LogP contribution in [0.25, 0.3) is 71.8 Å². The van der Waals surface area contributed by atoms with Gasteiger partial charge in [-0.3, -0.25) is 0 Å². The second-order valence-electron chi connectivity index (χ2n) is 10.8. The molecule has 0 bridgehead atoms. The van der Waals surface area contributed by atoms with E-state index < -0.39 is 0 Å².